The Balaban J connectivity index is 2.18. The van der Waals surface area contributed by atoms with E-state index in [1.165, 1.54) is 35.2 Å². The van der Waals surface area contributed by atoms with E-state index in [2.05, 4.69) is 69.8 Å². The average molecular weight is 280 g/mol. The molecule has 0 radical (unpaired) electrons. The van der Waals surface area contributed by atoms with E-state index in [9.17, 15) is 0 Å². The fourth-order valence-corrected chi connectivity index (χ4v) is 3.71. The molecule has 1 heterocycles. The first-order valence-corrected chi connectivity index (χ1v) is 8.08. The van der Waals surface area contributed by atoms with Gasteiger partial charge in [-0.2, -0.15) is 0 Å². The van der Waals surface area contributed by atoms with Crippen molar-refractivity contribution in [2.45, 2.75) is 52.4 Å². The van der Waals surface area contributed by atoms with Crippen molar-refractivity contribution < 1.29 is 4.57 Å². The minimum absolute atomic E-state index is 0.686. The van der Waals surface area contributed by atoms with Crippen molar-refractivity contribution in [3.05, 3.63) is 52.7 Å². The quantitative estimate of drug-likeness (QED) is 0.661. The first-order chi connectivity index (χ1) is 9.97. The van der Waals surface area contributed by atoms with E-state index in [4.69, 9.17) is 0 Å². The van der Waals surface area contributed by atoms with Crippen LogP contribution in [0.2, 0.25) is 0 Å². The molecular formula is C20H26N+. The molecule has 0 amide bonds. The number of aryl methyl sites for hydroxylation is 3. The van der Waals surface area contributed by atoms with E-state index in [1.807, 2.05) is 0 Å². The molecule has 0 saturated carbocycles. The van der Waals surface area contributed by atoms with Gasteiger partial charge in [0.25, 0.3) is 0 Å². The Bertz CT molecular complexity index is 684. The highest BCUT2D eigenvalue weighted by Crippen LogP contribution is 2.41. The molecule has 0 bridgehead atoms. The molecule has 110 valence electrons. The predicted molar refractivity (Wildman–Crippen MR) is 88.6 cm³/mol. The Kier molecular flexibility index (Phi) is 3.61. The second-order valence-corrected chi connectivity index (χ2v) is 6.88. The van der Waals surface area contributed by atoms with Gasteiger partial charge in [-0.05, 0) is 67.3 Å². The van der Waals surface area contributed by atoms with Crippen LogP contribution in [0.4, 0.5) is 0 Å². The number of pyridine rings is 1. The lowest BCUT2D eigenvalue weighted by molar-refractivity contribution is -0.660. The molecule has 2 unspecified atom stereocenters. The third kappa shape index (κ3) is 2.50. The molecule has 0 aliphatic heterocycles. The average Bonchev–Trinajstić information content (AvgIpc) is 2.43. The maximum Gasteiger partial charge on any atom is 0.212 e. The molecule has 21 heavy (non-hydrogen) atoms. The summed E-state index contributed by atoms with van der Waals surface area (Å²) in [6, 6.07) is 9.35. The van der Waals surface area contributed by atoms with E-state index >= 15 is 0 Å². The Morgan fingerprint density at radius 1 is 0.952 bits per heavy atom. The highest BCUT2D eigenvalue weighted by atomic mass is 14.9. The molecule has 1 aliphatic carbocycles. The van der Waals surface area contributed by atoms with Crippen molar-refractivity contribution >= 4 is 0 Å². The normalized spacial score (nSPS) is 21.2. The molecule has 0 spiro atoms. The molecule has 2 atom stereocenters. The summed E-state index contributed by atoms with van der Waals surface area (Å²) in [6.07, 6.45) is 4.85. The summed E-state index contributed by atoms with van der Waals surface area (Å²) >= 11 is 0. The summed E-state index contributed by atoms with van der Waals surface area (Å²) in [7, 11) is 2.15. The van der Waals surface area contributed by atoms with Gasteiger partial charge in [0, 0.05) is 17.2 Å². The van der Waals surface area contributed by atoms with Gasteiger partial charge >= 0.3 is 0 Å². The lowest BCUT2D eigenvalue weighted by Gasteiger charge is -2.28. The third-order valence-electron chi connectivity index (χ3n) is 5.08. The van der Waals surface area contributed by atoms with Crippen LogP contribution in [-0.4, -0.2) is 0 Å². The van der Waals surface area contributed by atoms with Crippen LogP contribution in [0.1, 0.15) is 60.8 Å². The SMILES string of the molecule is Cc1ccc(-c2cc3c(cc2C)C(C)CCC3C)[n+](C)c1. The molecule has 1 aromatic carbocycles. The van der Waals surface area contributed by atoms with Crippen LogP contribution in [0.5, 0.6) is 0 Å². The highest BCUT2D eigenvalue weighted by molar-refractivity contribution is 5.64. The fraction of sp³-hybridized carbons (Fsp3) is 0.450. The zero-order valence-electron chi connectivity index (χ0n) is 13.9. The summed E-state index contributed by atoms with van der Waals surface area (Å²) in [4.78, 5) is 0. The molecule has 0 N–H and O–H groups in total. The molecule has 1 aliphatic rings. The van der Waals surface area contributed by atoms with Crippen molar-refractivity contribution in [1.29, 1.82) is 0 Å². The van der Waals surface area contributed by atoms with Crippen LogP contribution in [-0.2, 0) is 7.05 Å². The van der Waals surface area contributed by atoms with Crippen molar-refractivity contribution in [3.63, 3.8) is 0 Å². The maximum atomic E-state index is 2.45. The van der Waals surface area contributed by atoms with Crippen LogP contribution in [0.15, 0.2) is 30.5 Å². The molecule has 0 saturated heterocycles. The predicted octanol–water partition coefficient (Wildman–Crippen LogP) is 4.80. The van der Waals surface area contributed by atoms with E-state index in [0.717, 1.165) is 0 Å². The minimum atomic E-state index is 0.686. The van der Waals surface area contributed by atoms with E-state index in [-0.39, 0.29) is 0 Å². The lowest BCUT2D eigenvalue weighted by Crippen LogP contribution is -2.31. The van der Waals surface area contributed by atoms with Crippen LogP contribution in [0.25, 0.3) is 11.3 Å². The van der Waals surface area contributed by atoms with Crippen LogP contribution in [0.3, 0.4) is 0 Å². The molecule has 1 heteroatoms. The summed E-state index contributed by atoms with van der Waals surface area (Å²) in [6.45, 7) is 9.14. The smallest absolute Gasteiger partial charge is 0.201 e. The largest absolute Gasteiger partial charge is 0.212 e. The molecule has 1 aromatic heterocycles. The van der Waals surface area contributed by atoms with Gasteiger partial charge in [0.05, 0.1) is 0 Å². The number of rotatable bonds is 1. The van der Waals surface area contributed by atoms with Gasteiger partial charge in [-0.25, -0.2) is 4.57 Å². The monoisotopic (exact) mass is 280 g/mol. The molecule has 2 aromatic rings. The van der Waals surface area contributed by atoms with Crippen molar-refractivity contribution in [2.75, 3.05) is 0 Å². The first kappa shape index (κ1) is 14.3. The summed E-state index contributed by atoms with van der Waals surface area (Å²) in [5, 5.41) is 0. The third-order valence-corrected chi connectivity index (χ3v) is 5.08. The zero-order valence-corrected chi connectivity index (χ0v) is 13.9. The number of benzene rings is 1. The Morgan fingerprint density at radius 3 is 2.19 bits per heavy atom. The Morgan fingerprint density at radius 2 is 1.57 bits per heavy atom. The van der Waals surface area contributed by atoms with Gasteiger partial charge < -0.3 is 0 Å². The van der Waals surface area contributed by atoms with Crippen LogP contribution in [0, 0.1) is 13.8 Å². The fourth-order valence-electron chi connectivity index (χ4n) is 3.71. The van der Waals surface area contributed by atoms with Gasteiger partial charge in [-0.1, -0.05) is 19.9 Å². The van der Waals surface area contributed by atoms with Gasteiger partial charge in [-0.15, -0.1) is 0 Å². The van der Waals surface area contributed by atoms with E-state index < -0.39 is 0 Å². The van der Waals surface area contributed by atoms with Gasteiger partial charge in [0.2, 0.25) is 5.69 Å². The minimum Gasteiger partial charge on any atom is -0.201 e. The van der Waals surface area contributed by atoms with Gasteiger partial charge in [-0.3, -0.25) is 0 Å². The van der Waals surface area contributed by atoms with Gasteiger partial charge in [0.15, 0.2) is 6.20 Å². The van der Waals surface area contributed by atoms with E-state index in [1.54, 1.807) is 11.1 Å². The number of hydrogen-bond acceptors (Lipinski definition) is 0. The molecule has 3 rings (SSSR count). The van der Waals surface area contributed by atoms with Gasteiger partial charge in [0.1, 0.15) is 7.05 Å². The van der Waals surface area contributed by atoms with E-state index in [0.29, 0.717) is 11.8 Å². The second kappa shape index (κ2) is 5.29. The lowest BCUT2D eigenvalue weighted by atomic mass is 9.76. The number of fused-ring (bicyclic) bond motifs is 1. The van der Waals surface area contributed by atoms with Crippen molar-refractivity contribution in [2.24, 2.45) is 7.05 Å². The highest BCUT2D eigenvalue weighted by Gasteiger charge is 2.24. The van der Waals surface area contributed by atoms with Crippen molar-refractivity contribution in [1.82, 2.24) is 0 Å². The first-order valence-electron chi connectivity index (χ1n) is 8.08. The van der Waals surface area contributed by atoms with Crippen molar-refractivity contribution in [3.8, 4) is 11.3 Å². The number of hydrogen-bond donors (Lipinski definition) is 0. The topological polar surface area (TPSA) is 3.88 Å². The zero-order chi connectivity index (χ0) is 15.1. The molecular weight excluding hydrogens is 254 g/mol. The van der Waals surface area contributed by atoms with Crippen LogP contribution >= 0.6 is 0 Å². The summed E-state index contributed by atoms with van der Waals surface area (Å²) in [5.41, 5.74) is 8.54. The number of aromatic nitrogens is 1. The Hall–Kier alpha value is -1.63. The Labute approximate surface area is 128 Å². The second-order valence-electron chi connectivity index (χ2n) is 6.88. The maximum absolute atomic E-state index is 2.45. The summed E-state index contributed by atoms with van der Waals surface area (Å²) < 4.78 is 2.25. The number of nitrogens with zero attached hydrogens (tertiary/aromatic N) is 1. The van der Waals surface area contributed by atoms with Crippen LogP contribution < -0.4 is 4.57 Å². The standard InChI is InChI=1S/C20H26N/c1-13-6-9-20(21(5)12-13)19-11-18-15(3)8-7-14(2)17(18)10-16(19)4/h6,9-12,14-15H,7-8H2,1-5H3/q+1. The summed E-state index contributed by atoms with van der Waals surface area (Å²) in [5.74, 6) is 1.39. The molecule has 1 nitrogen and oxygen atoms in total. The molecule has 0 fully saturated rings.